The summed E-state index contributed by atoms with van der Waals surface area (Å²) in [5.41, 5.74) is 6.11. The lowest BCUT2D eigenvalue weighted by molar-refractivity contribution is 0.0537. The van der Waals surface area contributed by atoms with Gasteiger partial charge in [-0.3, -0.25) is 14.4 Å². The fourth-order valence-electron chi connectivity index (χ4n) is 2.47. The van der Waals surface area contributed by atoms with Crippen molar-refractivity contribution in [2.75, 3.05) is 7.11 Å². The molecule has 0 aromatic heterocycles. The van der Waals surface area contributed by atoms with Gasteiger partial charge in [-0.05, 0) is 35.6 Å². The second kappa shape index (κ2) is 6.97. The predicted octanol–water partition coefficient (Wildman–Crippen LogP) is 3.81. The predicted molar refractivity (Wildman–Crippen MR) is 94.2 cm³/mol. The van der Waals surface area contributed by atoms with Crippen LogP contribution in [0.5, 0.6) is 0 Å². The van der Waals surface area contributed by atoms with Crippen molar-refractivity contribution in [1.82, 2.24) is 5.48 Å². The lowest BCUT2D eigenvalue weighted by Crippen LogP contribution is -2.21. The van der Waals surface area contributed by atoms with Crippen LogP contribution < -0.4 is 5.48 Å². The van der Waals surface area contributed by atoms with E-state index in [0.29, 0.717) is 16.7 Å². The molecule has 1 amide bonds. The highest BCUT2D eigenvalue weighted by Gasteiger charge is 2.17. The molecule has 2 aromatic rings. The zero-order valence-corrected chi connectivity index (χ0v) is 14.8. The summed E-state index contributed by atoms with van der Waals surface area (Å²) in [6.45, 7) is 8.38. The van der Waals surface area contributed by atoms with Crippen LogP contribution >= 0.6 is 0 Å². The van der Waals surface area contributed by atoms with E-state index in [1.165, 1.54) is 12.7 Å². The molecule has 0 radical (unpaired) electrons. The highest BCUT2D eigenvalue weighted by Crippen LogP contribution is 2.25. The second-order valence-electron chi connectivity index (χ2n) is 6.82. The average molecular weight is 325 g/mol. The van der Waals surface area contributed by atoms with Gasteiger partial charge in [-0.1, -0.05) is 51.1 Å². The van der Waals surface area contributed by atoms with Crippen molar-refractivity contribution >= 4 is 11.7 Å². The first-order valence-electron chi connectivity index (χ1n) is 7.83. The number of hydrogen-bond donors (Lipinski definition) is 1. The lowest BCUT2D eigenvalue weighted by atomic mass is 9.84. The number of aryl methyl sites for hydroxylation is 1. The number of carbonyl (C=O) groups excluding carboxylic acids is 2. The maximum Gasteiger partial charge on any atom is 0.274 e. The van der Waals surface area contributed by atoms with Crippen molar-refractivity contribution in [3.8, 4) is 0 Å². The second-order valence-corrected chi connectivity index (χ2v) is 6.82. The van der Waals surface area contributed by atoms with E-state index >= 15 is 0 Å². The van der Waals surface area contributed by atoms with Gasteiger partial charge >= 0.3 is 0 Å². The van der Waals surface area contributed by atoms with Crippen LogP contribution in [0.1, 0.15) is 58.2 Å². The fraction of sp³-hybridized carbons (Fsp3) is 0.300. The number of nitrogens with one attached hydrogen (secondary N) is 1. The van der Waals surface area contributed by atoms with Crippen LogP contribution in [0.4, 0.5) is 0 Å². The summed E-state index contributed by atoms with van der Waals surface area (Å²) in [5, 5.41) is 0. The van der Waals surface area contributed by atoms with E-state index in [0.717, 1.165) is 5.56 Å². The SMILES string of the molecule is CONC(=O)c1ccc(C(=O)c2ccc(C(C)(C)C)cc2C)cc1. The van der Waals surface area contributed by atoms with Crippen molar-refractivity contribution < 1.29 is 14.4 Å². The molecule has 0 spiro atoms. The van der Waals surface area contributed by atoms with Crippen molar-refractivity contribution in [2.24, 2.45) is 0 Å². The van der Waals surface area contributed by atoms with Crippen molar-refractivity contribution in [2.45, 2.75) is 33.1 Å². The first-order valence-corrected chi connectivity index (χ1v) is 7.83. The van der Waals surface area contributed by atoms with Gasteiger partial charge in [0.2, 0.25) is 0 Å². The minimum absolute atomic E-state index is 0.0443. The number of amides is 1. The third kappa shape index (κ3) is 3.89. The van der Waals surface area contributed by atoms with Gasteiger partial charge in [-0.2, -0.15) is 0 Å². The molecule has 24 heavy (non-hydrogen) atoms. The van der Waals surface area contributed by atoms with E-state index in [4.69, 9.17) is 0 Å². The van der Waals surface area contributed by atoms with Crippen molar-refractivity contribution in [3.63, 3.8) is 0 Å². The molecule has 0 saturated carbocycles. The Hall–Kier alpha value is -2.46. The average Bonchev–Trinajstić information content (AvgIpc) is 2.53. The third-order valence-electron chi connectivity index (χ3n) is 3.94. The van der Waals surface area contributed by atoms with E-state index in [1.54, 1.807) is 24.3 Å². The van der Waals surface area contributed by atoms with Crippen LogP contribution in [0.15, 0.2) is 42.5 Å². The normalized spacial score (nSPS) is 11.2. The Bertz CT molecular complexity index is 755. The van der Waals surface area contributed by atoms with Crippen LogP contribution in [-0.2, 0) is 10.3 Å². The lowest BCUT2D eigenvalue weighted by Gasteiger charge is -2.20. The van der Waals surface area contributed by atoms with Crippen LogP contribution in [0.25, 0.3) is 0 Å². The van der Waals surface area contributed by atoms with Crippen LogP contribution in [0.2, 0.25) is 0 Å². The van der Waals surface area contributed by atoms with Gasteiger partial charge in [0.05, 0.1) is 7.11 Å². The zero-order chi connectivity index (χ0) is 17.9. The molecule has 2 rings (SSSR count). The molecule has 0 saturated heterocycles. The highest BCUT2D eigenvalue weighted by molar-refractivity contribution is 6.10. The summed E-state index contributed by atoms with van der Waals surface area (Å²) in [4.78, 5) is 29.0. The van der Waals surface area contributed by atoms with Crippen molar-refractivity contribution in [1.29, 1.82) is 0 Å². The topological polar surface area (TPSA) is 55.4 Å². The van der Waals surface area contributed by atoms with Gasteiger partial charge in [0.25, 0.3) is 5.91 Å². The first kappa shape index (κ1) is 17.9. The summed E-state index contributed by atoms with van der Waals surface area (Å²) < 4.78 is 0. The summed E-state index contributed by atoms with van der Waals surface area (Å²) in [6.07, 6.45) is 0. The maximum atomic E-state index is 12.7. The molecule has 0 aliphatic heterocycles. The summed E-state index contributed by atoms with van der Waals surface area (Å²) >= 11 is 0. The number of hydrogen-bond acceptors (Lipinski definition) is 3. The molecule has 0 aliphatic rings. The van der Waals surface area contributed by atoms with Gasteiger partial charge in [0.1, 0.15) is 0 Å². The Morgan fingerprint density at radius 2 is 1.54 bits per heavy atom. The summed E-state index contributed by atoms with van der Waals surface area (Å²) in [7, 11) is 1.37. The largest absolute Gasteiger partial charge is 0.289 e. The van der Waals surface area contributed by atoms with Gasteiger partial charge in [-0.15, -0.1) is 0 Å². The maximum absolute atomic E-state index is 12.7. The van der Waals surface area contributed by atoms with Crippen LogP contribution in [0.3, 0.4) is 0 Å². The molecule has 0 aliphatic carbocycles. The van der Waals surface area contributed by atoms with E-state index < -0.39 is 0 Å². The molecule has 1 N–H and O–H groups in total. The van der Waals surface area contributed by atoms with E-state index in [1.807, 2.05) is 19.1 Å². The minimum atomic E-state index is -0.345. The Labute approximate surface area is 142 Å². The third-order valence-corrected chi connectivity index (χ3v) is 3.94. The molecule has 0 heterocycles. The highest BCUT2D eigenvalue weighted by atomic mass is 16.6. The first-order chi connectivity index (χ1) is 11.2. The molecule has 2 aromatic carbocycles. The summed E-state index contributed by atoms with van der Waals surface area (Å²) in [6, 6.07) is 12.5. The fourth-order valence-corrected chi connectivity index (χ4v) is 2.47. The molecule has 0 fully saturated rings. The Morgan fingerprint density at radius 3 is 2.04 bits per heavy atom. The molecule has 4 heteroatoms. The molecule has 0 atom stereocenters. The van der Waals surface area contributed by atoms with Gasteiger partial charge in [-0.25, -0.2) is 5.48 Å². The van der Waals surface area contributed by atoms with E-state index in [-0.39, 0.29) is 17.1 Å². The number of hydroxylamine groups is 1. The zero-order valence-electron chi connectivity index (χ0n) is 14.8. The van der Waals surface area contributed by atoms with Crippen LogP contribution in [0, 0.1) is 6.92 Å². The van der Waals surface area contributed by atoms with E-state index in [9.17, 15) is 9.59 Å². The molecular weight excluding hydrogens is 302 g/mol. The standard InChI is InChI=1S/C20H23NO3/c1-13-12-16(20(2,3)4)10-11-17(13)18(22)14-6-8-15(9-7-14)19(23)21-24-5/h6-12H,1-5H3,(H,21,23). The molecule has 0 bridgehead atoms. The van der Waals surface area contributed by atoms with Gasteiger partial charge < -0.3 is 0 Å². The van der Waals surface area contributed by atoms with Crippen molar-refractivity contribution in [3.05, 3.63) is 70.3 Å². The smallest absolute Gasteiger partial charge is 0.274 e. The number of benzene rings is 2. The number of ketones is 1. The van der Waals surface area contributed by atoms with Gasteiger partial charge in [0.15, 0.2) is 5.78 Å². The van der Waals surface area contributed by atoms with E-state index in [2.05, 4.69) is 37.2 Å². The summed E-state index contributed by atoms with van der Waals surface area (Å²) in [5.74, 6) is -0.395. The molecule has 0 unspecified atom stereocenters. The molecule has 126 valence electrons. The molecule has 4 nitrogen and oxygen atoms in total. The number of carbonyl (C=O) groups is 2. The number of rotatable bonds is 4. The molecular formula is C20H23NO3. The Kier molecular flexibility index (Phi) is 5.20. The monoisotopic (exact) mass is 325 g/mol. The Morgan fingerprint density at radius 1 is 0.958 bits per heavy atom. The quantitative estimate of drug-likeness (QED) is 0.687. The Balaban J connectivity index is 2.27. The minimum Gasteiger partial charge on any atom is -0.289 e. The van der Waals surface area contributed by atoms with Gasteiger partial charge in [0, 0.05) is 16.7 Å². The van der Waals surface area contributed by atoms with Crippen LogP contribution in [-0.4, -0.2) is 18.8 Å².